The van der Waals surface area contributed by atoms with E-state index in [1.54, 1.807) is 18.2 Å². The highest BCUT2D eigenvalue weighted by Crippen LogP contribution is 2.48. The molecule has 0 saturated carbocycles. The van der Waals surface area contributed by atoms with Crippen LogP contribution in [-0.2, 0) is 5.41 Å². The third-order valence-electron chi connectivity index (χ3n) is 8.17. The summed E-state index contributed by atoms with van der Waals surface area (Å²) in [6.07, 6.45) is 0. The third kappa shape index (κ3) is 4.07. The topological polar surface area (TPSA) is 13.1 Å². The molecule has 0 radical (unpaired) electrons. The predicted molar refractivity (Wildman–Crippen MR) is 188 cm³/mol. The van der Waals surface area contributed by atoms with Crippen molar-refractivity contribution in [2.75, 3.05) is 0 Å². The molecule has 7 aromatic carbocycles. The van der Waals surface area contributed by atoms with Crippen LogP contribution < -0.4 is 0 Å². The monoisotopic (exact) mass is 581 g/mol. The quantitative estimate of drug-likeness (QED) is 0.189. The maximum Gasteiger partial charge on any atom is 0.138 e. The predicted octanol–water partition coefficient (Wildman–Crippen LogP) is 12.5. The minimum absolute atomic E-state index is 0.0165. The van der Waals surface area contributed by atoms with Gasteiger partial charge in [0.15, 0.2) is 0 Å². The molecule has 212 valence electrons. The SMILES string of the molecule is [2H]c1c([2H])c([2H])c2c(-c3c4c([2H])c([2H])c([2H])c([2H])c4c(-c4cccc5oc(-c6ccc(C(C)(C)C)cc6)c(C)c45)c4c([2H])c([2H])c([2H])c([2H])c34)c([2H])c([2H])c([2H])c2c1[2H]. The van der Waals surface area contributed by atoms with Crippen LogP contribution in [0.4, 0.5) is 0 Å². The van der Waals surface area contributed by atoms with E-state index in [0.717, 1.165) is 11.1 Å². The Bertz CT molecular complexity index is 3110. The lowest BCUT2D eigenvalue weighted by atomic mass is 9.83. The molecule has 1 nitrogen and oxygen atoms in total. The van der Waals surface area contributed by atoms with Gasteiger partial charge in [-0.1, -0.05) is 148 Å². The Morgan fingerprint density at radius 2 is 1.11 bits per heavy atom. The zero-order valence-corrected chi connectivity index (χ0v) is 24.4. The Labute approximate surface area is 279 Å². The summed E-state index contributed by atoms with van der Waals surface area (Å²) in [5.74, 6) is 0.514. The molecule has 0 N–H and O–H groups in total. The average molecular weight is 582 g/mol. The highest BCUT2D eigenvalue weighted by molar-refractivity contribution is 6.25. The van der Waals surface area contributed by atoms with Crippen LogP contribution in [0, 0.1) is 6.92 Å². The largest absolute Gasteiger partial charge is 0.456 e. The fourth-order valence-corrected chi connectivity index (χ4v) is 6.05. The van der Waals surface area contributed by atoms with E-state index < -0.39 is 107 Å². The maximum absolute atomic E-state index is 9.43. The van der Waals surface area contributed by atoms with Crippen molar-refractivity contribution in [3.05, 3.63) is 144 Å². The molecule has 1 aromatic heterocycles. The lowest BCUT2D eigenvalue weighted by molar-refractivity contribution is 0.590. The molecule has 0 fully saturated rings. The van der Waals surface area contributed by atoms with E-state index in [0.29, 0.717) is 27.9 Å². The molecule has 1 heterocycles. The lowest BCUT2D eigenvalue weighted by Crippen LogP contribution is -2.10. The highest BCUT2D eigenvalue weighted by Gasteiger charge is 2.22. The molecule has 0 unspecified atom stereocenters. The molecule has 8 aromatic rings. The summed E-state index contributed by atoms with van der Waals surface area (Å²) in [6.45, 7) is 8.14. The van der Waals surface area contributed by atoms with Gasteiger partial charge in [-0.05, 0) is 78.5 Å². The van der Waals surface area contributed by atoms with Crippen molar-refractivity contribution >= 4 is 43.3 Å². The minimum Gasteiger partial charge on any atom is -0.456 e. The van der Waals surface area contributed by atoms with Gasteiger partial charge in [0.25, 0.3) is 0 Å². The molecule has 0 bridgehead atoms. The molecule has 0 amide bonds. The minimum atomic E-state index is -0.758. The first-order valence-electron chi connectivity index (χ1n) is 21.7. The van der Waals surface area contributed by atoms with Crippen LogP contribution >= 0.6 is 0 Å². The molecule has 0 aliphatic rings. The van der Waals surface area contributed by atoms with Gasteiger partial charge < -0.3 is 4.42 Å². The number of fused-ring (bicyclic) bond motifs is 4. The van der Waals surface area contributed by atoms with E-state index in [4.69, 9.17) is 18.1 Å². The maximum atomic E-state index is 9.43. The van der Waals surface area contributed by atoms with E-state index >= 15 is 0 Å². The third-order valence-corrected chi connectivity index (χ3v) is 8.17. The first-order valence-corrected chi connectivity index (χ1v) is 14.2. The summed E-state index contributed by atoms with van der Waals surface area (Å²) in [7, 11) is 0. The van der Waals surface area contributed by atoms with Crippen LogP contribution in [0.15, 0.2) is 138 Å². The summed E-state index contributed by atoms with van der Waals surface area (Å²) in [5.41, 5.74) is 2.32. The van der Waals surface area contributed by atoms with E-state index in [1.165, 1.54) is 0 Å². The van der Waals surface area contributed by atoms with Gasteiger partial charge in [-0.3, -0.25) is 0 Å². The zero-order valence-electron chi connectivity index (χ0n) is 39.4. The van der Waals surface area contributed by atoms with Crippen LogP contribution in [-0.4, -0.2) is 0 Å². The second kappa shape index (κ2) is 9.96. The fraction of sp³-hybridized carbons (Fsp3) is 0.116. The first kappa shape index (κ1) is 15.0. The number of benzene rings is 7. The van der Waals surface area contributed by atoms with Crippen molar-refractivity contribution in [1.29, 1.82) is 0 Å². The first-order chi connectivity index (χ1) is 27.6. The van der Waals surface area contributed by atoms with Gasteiger partial charge in [-0.25, -0.2) is 0 Å². The van der Waals surface area contributed by atoms with Crippen molar-refractivity contribution in [3.63, 3.8) is 0 Å². The molecule has 0 spiro atoms. The van der Waals surface area contributed by atoms with Gasteiger partial charge >= 0.3 is 0 Å². The van der Waals surface area contributed by atoms with Gasteiger partial charge in [0, 0.05) is 16.5 Å². The van der Waals surface area contributed by atoms with Crippen molar-refractivity contribution in [2.24, 2.45) is 0 Å². The van der Waals surface area contributed by atoms with Gasteiger partial charge in [0.1, 0.15) is 11.3 Å². The summed E-state index contributed by atoms with van der Waals surface area (Å²) < 4.78 is 141. The second-order valence-corrected chi connectivity index (χ2v) is 11.8. The molecular formula is C43H34O. The number of furan rings is 1. The Morgan fingerprint density at radius 3 is 1.73 bits per heavy atom. The van der Waals surface area contributed by atoms with Crippen molar-refractivity contribution in [1.82, 2.24) is 0 Å². The Balaban J connectivity index is 1.67. The fourth-order valence-electron chi connectivity index (χ4n) is 6.05. The average Bonchev–Trinajstić information content (AvgIpc) is 3.55. The van der Waals surface area contributed by atoms with Crippen LogP contribution in [0.5, 0.6) is 0 Å². The summed E-state index contributed by atoms with van der Waals surface area (Å²) in [4.78, 5) is 0. The van der Waals surface area contributed by atoms with Crippen molar-refractivity contribution < 1.29 is 25.0 Å². The van der Waals surface area contributed by atoms with Crippen molar-refractivity contribution in [3.8, 4) is 33.6 Å². The van der Waals surface area contributed by atoms with Gasteiger partial charge in [-0.2, -0.15) is 0 Å². The van der Waals surface area contributed by atoms with Gasteiger partial charge in [0.05, 0.1) is 20.6 Å². The summed E-state index contributed by atoms with van der Waals surface area (Å²) in [6, 6.07) is 2.75. The molecule has 1 heteroatoms. The second-order valence-electron chi connectivity index (χ2n) is 11.8. The molecule has 44 heavy (non-hydrogen) atoms. The van der Waals surface area contributed by atoms with Crippen LogP contribution in [0.2, 0.25) is 0 Å². The normalized spacial score (nSPS) is 16.9. The Hall–Kier alpha value is -5.14. The molecule has 0 aliphatic heterocycles. The van der Waals surface area contributed by atoms with E-state index in [9.17, 15) is 6.85 Å². The highest BCUT2D eigenvalue weighted by atomic mass is 16.3. The number of rotatable bonds is 3. The van der Waals surface area contributed by atoms with E-state index in [1.807, 2.05) is 31.2 Å². The van der Waals surface area contributed by atoms with Crippen LogP contribution in [0.1, 0.15) is 52.5 Å². The van der Waals surface area contributed by atoms with E-state index in [-0.39, 0.29) is 38.1 Å². The smallest absolute Gasteiger partial charge is 0.138 e. The number of hydrogen-bond donors (Lipinski definition) is 0. The number of aryl methyl sites for hydroxylation is 1. The van der Waals surface area contributed by atoms with Crippen LogP contribution in [0.25, 0.3) is 76.9 Å². The van der Waals surface area contributed by atoms with E-state index in [2.05, 4.69) is 20.8 Å². The molecule has 0 atom stereocenters. The molecule has 0 saturated heterocycles. The number of hydrogen-bond acceptors (Lipinski definition) is 1. The van der Waals surface area contributed by atoms with Crippen LogP contribution in [0.3, 0.4) is 0 Å². The Morgan fingerprint density at radius 1 is 0.568 bits per heavy atom. The van der Waals surface area contributed by atoms with Gasteiger partial charge in [0.2, 0.25) is 0 Å². The zero-order chi connectivity index (χ0) is 43.1. The standard InChI is InChI=1S/C43H34O/c1-27-39-37(21-12-22-38(39)44-42(27)29-23-25-30(26-24-29)43(2,3)4)41-35-18-9-7-16-33(35)40(34-17-8-10-19-36(34)41)32-20-11-14-28-13-5-6-15-31(28)32/h5-26H,1-4H3/i5D,6D,7D,8D,9D,10D,11D,13D,14D,15D,16D,17D,18D,19D,20D. The molecule has 8 rings (SSSR count). The summed E-state index contributed by atoms with van der Waals surface area (Å²) in [5, 5.41) is -1.33. The molecular weight excluding hydrogens is 532 g/mol. The Kier molecular flexibility index (Phi) is 3.40. The van der Waals surface area contributed by atoms with Gasteiger partial charge in [-0.15, -0.1) is 0 Å². The summed E-state index contributed by atoms with van der Waals surface area (Å²) >= 11 is 0. The molecule has 0 aliphatic carbocycles. The lowest BCUT2D eigenvalue weighted by Gasteiger charge is -2.19. The van der Waals surface area contributed by atoms with Crippen molar-refractivity contribution in [2.45, 2.75) is 33.1 Å².